The van der Waals surface area contributed by atoms with Crippen LogP contribution in [0.3, 0.4) is 0 Å². The van der Waals surface area contributed by atoms with Gasteiger partial charge in [-0.1, -0.05) is 0 Å². The van der Waals surface area contributed by atoms with Crippen LogP contribution < -0.4 is 35.3 Å². The van der Waals surface area contributed by atoms with E-state index in [0.717, 1.165) is 0 Å². The number of aliphatic carboxylic acids is 2. The third kappa shape index (κ3) is 7.77. The normalized spacial score (nSPS) is 13.7. The molecule has 0 saturated heterocycles. The second-order valence-electron chi connectivity index (χ2n) is 3.59. The Morgan fingerprint density at radius 3 is 2.05 bits per heavy atom. The minimum atomic E-state index is -4.28. The van der Waals surface area contributed by atoms with Crippen molar-refractivity contribution in [3.8, 4) is 0 Å². The maximum absolute atomic E-state index is 11.2. The fourth-order valence-electron chi connectivity index (χ4n) is 1.06. The van der Waals surface area contributed by atoms with Crippen LogP contribution in [0.5, 0.6) is 0 Å². The summed E-state index contributed by atoms with van der Waals surface area (Å²) in [4.78, 5) is 32.2. The first-order chi connectivity index (χ1) is 8.52. The van der Waals surface area contributed by atoms with E-state index in [0.29, 0.717) is 0 Å². The van der Waals surface area contributed by atoms with E-state index >= 15 is 0 Å². The van der Waals surface area contributed by atoms with Crippen molar-refractivity contribution in [1.82, 2.24) is 0 Å². The minimum absolute atomic E-state index is 0. The van der Waals surface area contributed by atoms with Gasteiger partial charge in [0, 0.05) is 6.54 Å². The fraction of sp³-hybridized carbons (Fsp3) is 0.625. The Hall–Kier alpha value is -0.720. The molecule has 0 aromatic heterocycles. The van der Waals surface area contributed by atoms with Gasteiger partial charge in [-0.25, -0.2) is 4.79 Å². The van der Waals surface area contributed by atoms with Gasteiger partial charge in [0.15, 0.2) is 5.60 Å². The SMILES string of the molecule is NCCS(=O)(=O)OC(=O)CC(O)(CC(=O)O)C(=O)O.[H-].[Na+]. The number of hydrogen-bond acceptors (Lipinski definition) is 8. The minimum Gasteiger partial charge on any atom is -1.00 e. The van der Waals surface area contributed by atoms with Gasteiger partial charge in [-0.15, -0.1) is 0 Å². The standard InChI is InChI=1S/C8H13NO9S.Na.H/c9-1-2-19(16,17)18-6(12)4-8(15,7(13)14)3-5(10)11;;/h15H,1-4,9H2,(H,10,11)(H,13,14);;/q;+1;-1. The number of carboxylic acids is 2. The Labute approximate surface area is 137 Å². The van der Waals surface area contributed by atoms with Crippen molar-refractivity contribution in [2.24, 2.45) is 5.73 Å². The Morgan fingerprint density at radius 2 is 1.70 bits per heavy atom. The van der Waals surface area contributed by atoms with Crippen molar-refractivity contribution in [2.45, 2.75) is 18.4 Å². The molecule has 1 unspecified atom stereocenters. The summed E-state index contributed by atoms with van der Waals surface area (Å²) in [7, 11) is -4.28. The first kappa shape index (κ1) is 21.6. The number of nitrogens with two attached hydrogens (primary N) is 1. The average Bonchev–Trinajstić information content (AvgIpc) is 2.13. The summed E-state index contributed by atoms with van der Waals surface area (Å²) in [6, 6.07) is 0. The summed E-state index contributed by atoms with van der Waals surface area (Å²) in [5, 5.41) is 26.5. The Bertz CT molecular complexity index is 482. The molecule has 1 atom stereocenters. The maximum Gasteiger partial charge on any atom is 1.00 e. The molecule has 0 spiro atoms. The predicted molar refractivity (Wildman–Crippen MR) is 59.5 cm³/mol. The van der Waals surface area contributed by atoms with E-state index in [1.54, 1.807) is 0 Å². The summed E-state index contributed by atoms with van der Waals surface area (Å²) in [5.74, 6) is -5.92. The monoisotopic (exact) mass is 323 g/mol. The van der Waals surface area contributed by atoms with Crippen LogP contribution in [-0.4, -0.2) is 59.5 Å². The molecule has 0 aliphatic rings. The molecule has 20 heavy (non-hydrogen) atoms. The van der Waals surface area contributed by atoms with Crippen LogP contribution in [-0.2, 0) is 28.7 Å². The van der Waals surface area contributed by atoms with E-state index < -0.39 is 52.2 Å². The number of rotatable bonds is 8. The Morgan fingerprint density at radius 1 is 1.20 bits per heavy atom. The number of hydrogen-bond donors (Lipinski definition) is 4. The third-order valence-corrected chi connectivity index (χ3v) is 3.04. The molecule has 0 amide bonds. The molecule has 10 nitrogen and oxygen atoms in total. The first-order valence-electron chi connectivity index (χ1n) is 4.85. The molecular formula is C8H14NNaO9S. The van der Waals surface area contributed by atoms with Gasteiger partial charge in [0.2, 0.25) is 0 Å². The van der Waals surface area contributed by atoms with E-state index in [1.165, 1.54) is 0 Å². The largest absolute Gasteiger partial charge is 1.00 e. The molecular weight excluding hydrogens is 309 g/mol. The van der Waals surface area contributed by atoms with E-state index in [4.69, 9.17) is 15.9 Å². The molecule has 0 aromatic rings. The van der Waals surface area contributed by atoms with Crippen molar-refractivity contribution >= 4 is 28.0 Å². The Kier molecular flexibility index (Phi) is 9.21. The zero-order valence-electron chi connectivity index (χ0n) is 11.6. The van der Waals surface area contributed by atoms with Crippen LogP contribution in [0.25, 0.3) is 0 Å². The first-order valence-corrected chi connectivity index (χ1v) is 6.43. The zero-order valence-corrected chi connectivity index (χ0v) is 13.4. The summed E-state index contributed by atoms with van der Waals surface area (Å²) in [5.41, 5.74) is 2.00. The summed E-state index contributed by atoms with van der Waals surface area (Å²) < 4.78 is 26.0. The maximum atomic E-state index is 11.2. The van der Waals surface area contributed by atoms with Crippen molar-refractivity contribution in [2.75, 3.05) is 12.3 Å². The van der Waals surface area contributed by atoms with E-state index in [2.05, 4.69) is 4.18 Å². The topological polar surface area (TPSA) is 181 Å². The number of aliphatic hydroxyl groups is 1. The fourth-order valence-corrected chi connectivity index (χ4v) is 1.77. The predicted octanol–water partition coefficient (Wildman–Crippen LogP) is -5.38. The molecule has 0 saturated carbocycles. The molecule has 0 bridgehead atoms. The van der Waals surface area contributed by atoms with Gasteiger partial charge in [0.1, 0.15) is 0 Å². The van der Waals surface area contributed by atoms with E-state index in [9.17, 15) is 27.9 Å². The number of carboxylic acid groups (broad SMARTS) is 2. The van der Waals surface area contributed by atoms with Crippen LogP contribution in [0.2, 0.25) is 0 Å². The molecule has 0 heterocycles. The summed E-state index contributed by atoms with van der Waals surface area (Å²) in [6.45, 7) is -0.325. The van der Waals surface area contributed by atoms with Gasteiger partial charge in [-0.05, 0) is 0 Å². The van der Waals surface area contributed by atoms with Gasteiger partial charge in [0.25, 0.3) is 0 Å². The molecule has 0 rings (SSSR count). The van der Waals surface area contributed by atoms with Crippen LogP contribution in [0, 0.1) is 0 Å². The van der Waals surface area contributed by atoms with Crippen LogP contribution >= 0.6 is 0 Å². The molecule has 0 aliphatic heterocycles. The van der Waals surface area contributed by atoms with Crippen molar-refractivity contribution < 1.29 is 73.3 Å². The van der Waals surface area contributed by atoms with Gasteiger partial charge >= 0.3 is 57.6 Å². The molecule has 5 N–H and O–H groups in total. The molecule has 112 valence electrons. The summed E-state index contributed by atoms with van der Waals surface area (Å²) >= 11 is 0. The summed E-state index contributed by atoms with van der Waals surface area (Å²) in [6.07, 6.45) is -2.60. The van der Waals surface area contributed by atoms with Gasteiger partial charge in [0.05, 0.1) is 18.6 Å². The number of carbonyl (C=O) groups excluding carboxylic acids is 1. The molecule has 0 aromatic carbocycles. The van der Waals surface area contributed by atoms with Crippen LogP contribution in [0.15, 0.2) is 0 Å². The second kappa shape index (κ2) is 8.54. The molecule has 0 aliphatic carbocycles. The van der Waals surface area contributed by atoms with Crippen molar-refractivity contribution in [3.05, 3.63) is 0 Å². The van der Waals surface area contributed by atoms with E-state index in [1.807, 2.05) is 0 Å². The molecule has 0 radical (unpaired) electrons. The Balaban J connectivity index is -0.00000162. The quantitative estimate of drug-likeness (QED) is 0.248. The van der Waals surface area contributed by atoms with Crippen molar-refractivity contribution in [1.29, 1.82) is 0 Å². The second-order valence-corrected chi connectivity index (χ2v) is 5.28. The van der Waals surface area contributed by atoms with E-state index in [-0.39, 0.29) is 37.5 Å². The average molecular weight is 323 g/mol. The molecule has 0 fully saturated rings. The van der Waals surface area contributed by atoms with Gasteiger partial charge in [-0.2, -0.15) is 8.42 Å². The van der Waals surface area contributed by atoms with Gasteiger partial charge in [-0.3, -0.25) is 9.59 Å². The van der Waals surface area contributed by atoms with Crippen molar-refractivity contribution in [3.63, 3.8) is 0 Å². The smallest absolute Gasteiger partial charge is 1.00 e. The molecule has 12 heteroatoms. The third-order valence-electron chi connectivity index (χ3n) is 1.87. The number of carbonyl (C=O) groups is 3. The van der Waals surface area contributed by atoms with Crippen LogP contribution in [0.4, 0.5) is 0 Å². The van der Waals surface area contributed by atoms with Gasteiger partial charge < -0.3 is 26.7 Å². The van der Waals surface area contributed by atoms with Crippen LogP contribution in [0.1, 0.15) is 14.3 Å². The zero-order chi connectivity index (χ0) is 15.3.